The Kier molecular flexibility index (Phi) is 7.70. The highest BCUT2D eigenvalue weighted by atomic mass is 127. The lowest BCUT2D eigenvalue weighted by molar-refractivity contribution is 0.0951. The van der Waals surface area contributed by atoms with Gasteiger partial charge in [0.05, 0.1) is 23.7 Å². The number of nitrogens with zero attached hydrogens (tertiary/aromatic N) is 4. The molecule has 0 atom stereocenters. The Hall–Kier alpha value is -1.88. The molecule has 2 N–H and O–H groups in total. The molecule has 0 radical (unpaired) electrons. The van der Waals surface area contributed by atoms with Gasteiger partial charge in [-0.25, -0.2) is 14.6 Å². The Morgan fingerprint density at radius 2 is 2.07 bits per heavy atom. The van der Waals surface area contributed by atoms with E-state index in [1.54, 1.807) is 18.0 Å². The smallest absolute Gasteiger partial charge is 0.252 e. The van der Waals surface area contributed by atoms with E-state index in [9.17, 15) is 4.79 Å². The number of rotatable bonds is 9. The minimum Gasteiger partial charge on any atom is -0.369 e. The first-order chi connectivity index (χ1) is 14.0. The van der Waals surface area contributed by atoms with E-state index in [0.29, 0.717) is 24.6 Å². The first-order valence-corrected chi connectivity index (χ1v) is 11.7. The van der Waals surface area contributed by atoms with Crippen LogP contribution in [0, 0.1) is 9.49 Å². The molecule has 0 unspecified atom stereocenters. The molecule has 2 aromatic heterocycles. The van der Waals surface area contributed by atoms with Crippen molar-refractivity contribution in [2.75, 3.05) is 24.2 Å². The maximum atomic E-state index is 12.4. The largest absolute Gasteiger partial charge is 0.369 e. The number of fused-ring (bicyclic) bond motifs is 1. The fraction of sp³-hybridized carbons (Fsp3) is 0.400. The predicted octanol–water partition coefficient (Wildman–Crippen LogP) is 4.04. The van der Waals surface area contributed by atoms with Gasteiger partial charge in [0, 0.05) is 16.7 Å². The highest BCUT2D eigenvalue weighted by Gasteiger charge is 2.14. The lowest BCUT2D eigenvalue weighted by Crippen LogP contribution is -2.28. The van der Waals surface area contributed by atoms with E-state index in [0.717, 1.165) is 37.9 Å². The highest BCUT2D eigenvalue weighted by molar-refractivity contribution is 14.1. The fourth-order valence-electron chi connectivity index (χ4n) is 2.74. The van der Waals surface area contributed by atoms with Crippen LogP contribution in [0.15, 0.2) is 35.6 Å². The van der Waals surface area contributed by atoms with Gasteiger partial charge in [-0.1, -0.05) is 44.7 Å². The molecule has 0 bridgehead atoms. The Bertz CT molecular complexity index is 990. The average molecular weight is 524 g/mol. The van der Waals surface area contributed by atoms with E-state index in [4.69, 9.17) is 0 Å². The SMILES string of the molecule is CCSc1nc(NCC(C)C)c2cnn(CCNC(=O)c3ccccc3I)c2n1. The van der Waals surface area contributed by atoms with E-state index in [-0.39, 0.29) is 5.91 Å². The molecule has 0 aliphatic carbocycles. The molecule has 3 aromatic rings. The third kappa shape index (κ3) is 5.59. The van der Waals surface area contributed by atoms with E-state index in [1.165, 1.54) is 0 Å². The van der Waals surface area contributed by atoms with Crippen molar-refractivity contribution < 1.29 is 4.79 Å². The number of thioether (sulfide) groups is 1. The van der Waals surface area contributed by atoms with Gasteiger partial charge in [0.25, 0.3) is 5.91 Å². The maximum Gasteiger partial charge on any atom is 0.252 e. The van der Waals surface area contributed by atoms with Crippen molar-refractivity contribution in [3.8, 4) is 0 Å². The van der Waals surface area contributed by atoms with Crippen molar-refractivity contribution >= 4 is 57.1 Å². The molecule has 3 rings (SSSR count). The second kappa shape index (κ2) is 10.2. The topological polar surface area (TPSA) is 84.7 Å². The minimum atomic E-state index is -0.0809. The Morgan fingerprint density at radius 1 is 1.28 bits per heavy atom. The summed E-state index contributed by atoms with van der Waals surface area (Å²) < 4.78 is 2.76. The summed E-state index contributed by atoms with van der Waals surface area (Å²) >= 11 is 3.78. The number of halogens is 1. The number of amides is 1. The predicted molar refractivity (Wildman–Crippen MR) is 127 cm³/mol. The molecule has 7 nitrogen and oxygen atoms in total. The number of nitrogens with one attached hydrogen (secondary N) is 2. The number of aromatic nitrogens is 4. The standard InChI is InChI=1S/C20H25IN6OS/c1-4-29-20-25-17(23-11-13(2)3)15-12-24-27(18(15)26-20)10-9-22-19(28)14-7-5-6-8-16(14)21/h5-8,12-13H,4,9-11H2,1-3H3,(H,22,28)(H,23,25,26). The summed E-state index contributed by atoms with van der Waals surface area (Å²) in [5.74, 6) is 2.14. The summed E-state index contributed by atoms with van der Waals surface area (Å²) in [7, 11) is 0. The third-order valence-electron chi connectivity index (χ3n) is 4.15. The van der Waals surface area contributed by atoms with Crippen LogP contribution in [0.1, 0.15) is 31.1 Å². The van der Waals surface area contributed by atoms with Crippen LogP contribution in [-0.2, 0) is 6.54 Å². The Labute approximate surface area is 188 Å². The third-order valence-corrected chi connectivity index (χ3v) is 5.82. The molecule has 0 fully saturated rings. The number of carbonyl (C=O) groups is 1. The van der Waals surface area contributed by atoms with Gasteiger partial charge in [-0.3, -0.25) is 4.79 Å². The van der Waals surface area contributed by atoms with Gasteiger partial charge in [0.2, 0.25) is 0 Å². The summed E-state index contributed by atoms with van der Waals surface area (Å²) in [4.78, 5) is 21.7. The molecule has 1 aromatic carbocycles. The first-order valence-electron chi connectivity index (χ1n) is 9.62. The molecular formula is C20H25IN6OS. The summed E-state index contributed by atoms with van der Waals surface area (Å²) in [5.41, 5.74) is 1.47. The lowest BCUT2D eigenvalue weighted by Gasteiger charge is -2.11. The van der Waals surface area contributed by atoms with E-state index in [2.05, 4.69) is 69.1 Å². The van der Waals surface area contributed by atoms with Crippen LogP contribution in [0.25, 0.3) is 11.0 Å². The van der Waals surface area contributed by atoms with Crippen molar-refractivity contribution in [1.82, 2.24) is 25.1 Å². The molecular weight excluding hydrogens is 499 g/mol. The zero-order chi connectivity index (χ0) is 20.8. The minimum absolute atomic E-state index is 0.0809. The molecule has 0 saturated heterocycles. The van der Waals surface area contributed by atoms with Gasteiger partial charge in [0.1, 0.15) is 5.82 Å². The number of anilines is 1. The normalized spacial score (nSPS) is 11.2. The average Bonchev–Trinajstić information content (AvgIpc) is 3.09. The molecule has 0 aliphatic rings. The van der Waals surface area contributed by atoms with Crippen LogP contribution >= 0.6 is 34.4 Å². The molecule has 0 aliphatic heterocycles. The van der Waals surface area contributed by atoms with Crippen molar-refractivity contribution in [1.29, 1.82) is 0 Å². The maximum absolute atomic E-state index is 12.4. The van der Waals surface area contributed by atoms with E-state index >= 15 is 0 Å². The summed E-state index contributed by atoms with van der Waals surface area (Å²) in [6.07, 6.45) is 1.79. The van der Waals surface area contributed by atoms with Crippen LogP contribution in [0.2, 0.25) is 0 Å². The van der Waals surface area contributed by atoms with Crippen LogP contribution in [0.5, 0.6) is 0 Å². The van der Waals surface area contributed by atoms with Crippen molar-refractivity contribution in [2.45, 2.75) is 32.5 Å². The second-order valence-electron chi connectivity index (χ2n) is 6.90. The summed E-state index contributed by atoms with van der Waals surface area (Å²) in [6, 6.07) is 7.54. The number of carbonyl (C=O) groups excluding carboxylic acids is 1. The molecule has 1 amide bonds. The highest BCUT2D eigenvalue weighted by Crippen LogP contribution is 2.24. The number of hydrogen-bond acceptors (Lipinski definition) is 6. The molecule has 0 spiro atoms. The van der Waals surface area contributed by atoms with E-state index in [1.807, 2.05) is 28.9 Å². The molecule has 29 heavy (non-hydrogen) atoms. The number of hydrogen-bond donors (Lipinski definition) is 2. The first kappa shape index (κ1) is 21.8. The zero-order valence-electron chi connectivity index (χ0n) is 16.8. The Morgan fingerprint density at radius 3 is 2.79 bits per heavy atom. The van der Waals surface area contributed by atoms with Gasteiger partial charge in [-0.15, -0.1) is 0 Å². The van der Waals surface area contributed by atoms with Gasteiger partial charge in [-0.2, -0.15) is 5.10 Å². The second-order valence-corrected chi connectivity index (χ2v) is 9.30. The van der Waals surface area contributed by atoms with Crippen molar-refractivity contribution in [3.63, 3.8) is 0 Å². The van der Waals surface area contributed by atoms with Crippen molar-refractivity contribution in [3.05, 3.63) is 39.6 Å². The molecule has 9 heteroatoms. The fourth-order valence-corrected chi connectivity index (χ4v) is 3.94. The monoisotopic (exact) mass is 524 g/mol. The molecule has 154 valence electrons. The van der Waals surface area contributed by atoms with Gasteiger partial charge >= 0.3 is 0 Å². The van der Waals surface area contributed by atoms with Gasteiger partial charge in [0.15, 0.2) is 10.8 Å². The van der Waals surface area contributed by atoms with Crippen LogP contribution < -0.4 is 10.6 Å². The van der Waals surface area contributed by atoms with E-state index < -0.39 is 0 Å². The molecule has 2 heterocycles. The Balaban J connectivity index is 1.75. The van der Waals surface area contributed by atoms with Crippen molar-refractivity contribution in [2.24, 2.45) is 5.92 Å². The quantitative estimate of drug-likeness (QED) is 0.250. The van der Waals surface area contributed by atoms with Crippen LogP contribution in [0.4, 0.5) is 5.82 Å². The lowest BCUT2D eigenvalue weighted by atomic mass is 10.2. The summed E-state index contributed by atoms with van der Waals surface area (Å²) in [5, 5.41) is 12.5. The van der Waals surface area contributed by atoms with Crippen LogP contribution in [0.3, 0.4) is 0 Å². The number of benzene rings is 1. The van der Waals surface area contributed by atoms with Gasteiger partial charge < -0.3 is 10.6 Å². The van der Waals surface area contributed by atoms with Crippen LogP contribution in [-0.4, -0.2) is 44.5 Å². The molecule has 0 saturated carbocycles. The zero-order valence-corrected chi connectivity index (χ0v) is 19.7. The van der Waals surface area contributed by atoms with Gasteiger partial charge in [-0.05, 0) is 46.4 Å². The summed E-state index contributed by atoms with van der Waals surface area (Å²) in [6.45, 7) is 8.24.